The average molecular weight is 202 g/mol. The fourth-order valence-electron chi connectivity index (χ4n) is 1.31. The highest BCUT2D eigenvalue weighted by molar-refractivity contribution is 5.16. The van der Waals surface area contributed by atoms with Gasteiger partial charge in [0.2, 0.25) is 0 Å². The third-order valence-electron chi connectivity index (χ3n) is 2.07. The zero-order valence-electron chi connectivity index (χ0n) is 8.00. The summed E-state index contributed by atoms with van der Waals surface area (Å²) in [5.74, 6) is -0.277. The van der Waals surface area contributed by atoms with Gasteiger partial charge in [-0.3, -0.25) is 4.79 Å². The molecule has 1 aromatic heterocycles. The van der Waals surface area contributed by atoms with Gasteiger partial charge in [0, 0.05) is 6.07 Å². The molecule has 76 valence electrons. The molecular weight excluding hydrogens is 192 g/mol. The summed E-state index contributed by atoms with van der Waals surface area (Å²) in [6.45, 7) is 0.369. The Hall–Kier alpha value is -2.10. The van der Waals surface area contributed by atoms with Crippen molar-refractivity contribution >= 4 is 0 Å². The molecule has 0 bridgehead atoms. The van der Waals surface area contributed by atoms with E-state index in [0.29, 0.717) is 6.54 Å². The lowest BCUT2D eigenvalue weighted by Crippen LogP contribution is -2.22. The van der Waals surface area contributed by atoms with E-state index in [0.717, 1.165) is 5.56 Å². The Bertz CT molecular complexity index is 505. The van der Waals surface area contributed by atoms with Crippen molar-refractivity contribution in [2.75, 3.05) is 0 Å². The van der Waals surface area contributed by atoms with Gasteiger partial charge in [0.1, 0.15) is 0 Å². The fourth-order valence-corrected chi connectivity index (χ4v) is 1.31. The van der Waals surface area contributed by atoms with Crippen LogP contribution in [0, 0.1) is 0 Å². The third-order valence-corrected chi connectivity index (χ3v) is 2.07. The molecule has 1 heterocycles. The largest absolute Gasteiger partial charge is 0.503 e. The van der Waals surface area contributed by atoms with E-state index in [1.807, 2.05) is 30.3 Å². The number of rotatable bonds is 2. The van der Waals surface area contributed by atoms with Crippen molar-refractivity contribution in [1.82, 2.24) is 9.78 Å². The number of benzene rings is 1. The summed E-state index contributed by atoms with van der Waals surface area (Å²) in [6, 6.07) is 10.8. The molecule has 0 fully saturated rings. The SMILES string of the molecule is O=c1c(O)ccnn1Cc1ccccc1. The first-order valence-corrected chi connectivity index (χ1v) is 4.56. The Morgan fingerprint density at radius 3 is 2.67 bits per heavy atom. The predicted molar refractivity (Wildman–Crippen MR) is 55.7 cm³/mol. The maximum Gasteiger partial charge on any atom is 0.309 e. The van der Waals surface area contributed by atoms with Crippen LogP contribution in [0.25, 0.3) is 0 Å². The zero-order valence-corrected chi connectivity index (χ0v) is 8.00. The van der Waals surface area contributed by atoms with Crippen molar-refractivity contribution in [3.63, 3.8) is 0 Å². The van der Waals surface area contributed by atoms with Gasteiger partial charge in [-0.2, -0.15) is 5.10 Å². The summed E-state index contributed by atoms with van der Waals surface area (Å²) in [6.07, 6.45) is 1.40. The highest BCUT2D eigenvalue weighted by atomic mass is 16.3. The lowest BCUT2D eigenvalue weighted by molar-refractivity contribution is 0.450. The quantitative estimate of drug-likeness (QED) is 0.790. The highest BCUT2D eigenvalue weighted by Crippen LogP contribution is 2.01. The first kappa shape index (κ1) is 9.45. The summed E-state index contributed by atoms with van der Waals surface area (Å²) < 4.78 is 1.23. The van der Waals surface area contributed by atoms with Crippen LogP contribution in [-0.2, 0) is 6.54 Å². The minimum absolute atomic E-state index is 0.277. The first-order valence-electron chi connectivity index (χ1n) is 4.56. The van der Waals surface area contributed by atoms with E-state index in [2.05, 4.69) is 5.10 Å². The minimum atomic E-state index is -0.471. The topological polar surface area (TPSA) is 55.1 Å². The number of hydrogen-bond acceptors (Lipinski definition) is 3. The molecule has 2 rings (SSSR count). The molecule has 2 aromatic rings. The minimum Gasteiger partial charge on any atom is -0.503 e. The van der Waals surface area contributed by atoms with Gasteiger partial charge < -0.3 is 5.11 Å². The average Bonchev–Trinajstić information content (AvgIpc) is 2.26. The number of hydrogen-bond donors (Lipinski definition) is 1. The van der Waals surface area contributed by atoms with Crippen molar-refractivity contribution < 1.29 is 5.11 Å². The molecule has 0 aliphatic rings. The lowest BCUT2D eigenvalue weighted by Gasteiger charge is -2.03. The molecule has 0 unspecified atom stereocenters. The molecule has 1 N–H and O–H groups in total. The van der Waals surface area contributed by atoms with E-state index in [-0.39, 0.29) is 5.75 Å². The molecular formula is C11H10N2O2. The molecule has 4 heteroatoms. The monoisotopic (exact) mass is 202 g/mol. The molecule has 0 aliphatic heterocycles. The molecule has 0 atom stereocenters. The Kier molecular flexibility index (Phi) is 2.49. The van der Waals surface area contributed by atoms with E-state index in [4.69, 9.17) is 0 Å². The summed E-state index contributed by atoms with van der Waals surface area (Å²) in [5, 5.41) is 13.1. The Morgan fingerprint density at radius 2 is 1.93 bits per heavy atom. The molecule has 0 saturated carbocycles. The molecule has 0 radical (unpaired) electrons. The zero-order chi connectivity index (χ0) is 10.7. The van der Waals surface area contributed by atoms with Crippen LogP contribution in [-0.4, -0.2) is 14.9 Å². The van der Waals surface area contributed by atoms with E-state index in [1.54, 1.807) is 0 Å². The molecule has 0 saturated heterocycles. The van der Waals surface area contributed by atoms with Gasteiger partial charge in [-0.1, -0.05) is 30.3 Å². The van der Waals surface area contributed by atoms with Crippen LogP contribution in [0.3, 0.4) is 0 Å². The van der Waals surface area contributed by atoms with Crippen LogP contribution in [0.4, 0.5) is 0 Å². The highest BCUT2D eigenvalue weighted by Gasteiger charge is 2.02. The number of aromatic hydroxyl groups is 1. The van der Waals surface area contributed by atoms with E-state index < -0.39 is 5.56 Å². The van der Waals surface area contributed by atoms with Crippen LogP contribution in [0.5, 0.6) is 5.75 Å². The van der Waals surface area contributed by atoms with Gasteiger partial charge in [-0.25, -0.2) is 4.68 Å². The summed E-state index contributed by atoms with van der Waals surface area (Å²) in [4.78, 5) is 11.4. The van der Waals surface area contributed by atoms with Crippen molar-refractivity contribution in [3.8, 4) is 5.75 Å². The van der Waals surface area contributed by atoms with Crippen LogP contribution in [0.15, 0.2) is 47.4 Å². The summed E-state index contributed by atoms with van der Waals surface area (Å²) >= 11 is 0. The second-order valence-electron chi connectivity index (χ2n) is 3.16. The standard InChI is InChI=1S/C11H10N2O2/c14-10-6-7-12-13(11(10)15)8-9-4-2-1-3-5-9/h1-7,14H,8H2. The Balaban J connectivity index is 2.33. The summed E-state index contributed by atoms with van der Waals surface area (Å²) in [5.41, 5.74) is 0.499. The van der Waals surface area contributed by atoms with Crippen LogP contribution >= 0.6 is 0 Å². The van der Waals surface area contributed by atoms with Crippen LogP contribution in [0.2, 0.25) is 0 Å². The maximum atomic E-state index is 11.4. The van der Waals surface area contributed by atoms with Gasteiger partial charge in [0.15, 0.2) is 5.75 Å². The Morgan fingerprint density at radius 1 is 1.20 bits per heavy atom. The van der Waals surface area contributed by atoms with Gasteiger partial charge in [-0.15, -0.1) is 0 Å². The third kappa shape index (κ3) is 2.04. The number of nitrogens with zero attached hydrogens (tertiary/aromatic N) is 2. The van der Waals surface area contributed by atoms with Crippen molar-refractivity contribution in [1.29, 1.82) is 0 Å². The second-order valence-corrected chi connectivity index (χ2v) is 3.16. The molecule has 0 spiro atoms. The van der Waals surface area contributed by atoms with Crippen molar-refractivity contribution in [3.05, 3.63) is 58.5 Å². The van der Waals surface area contributed by atoms with E-state index >= 15 is 0 Å². The van der Waals surface area contributed by atoms with Gasteiger partial charge in [0.05, 0.1) is 12.7 Å². The van der Waals surface area contributed by atoms with Crippen molar-refractivity contribution in [2.24, 2.45) is 0 Å². The van der Waals surface area contributed by atoms with Gasteiger partial charge in [-0.05, 0) is 5.56 Å². The summed E-state index contributed by atoms with van der Waals surface area (Å²) in [7, 11) is 0. The van der Waals surface area contributed by atoms with Gasteiger partial charge in [0.25, 0.3) is 0 Å². The van der Waals surface area contributed by atoms with Crippen LogP contribution < -0.4 is 5.56 Å². The van der Waals surface area contributed by atoms with Crippen LogP contribution in [0.1, 0.15) is 5.56 Å². The molecule has 0 amide bonds. The maximum absolute atomic E-state index is 11.4. The Labute approximate surface area is 86.4 Å². The van der Waals surface area contributed by atoms with E-state index in [1.165, 1.54) is 16.9 Å². The second kappa shape index (κ2) is 3.96. The normalized spacial score (nSPS) is 10.1. The molecule has 1 aromatic carbocycles. The lowest BCUT2D eigenvalue weighted by atomic mass is 10.2. The molecule has 0 aliphatic carbocycles. The molecule has 15 heavy (non-hydrogen) atoms. The number of aromatic nitrogens is 2. The van der Waals surface area contributed by atoms with Gasteiger partial charge >= 0.3 is 5.56 Å². The first-order chi connectivity index (χ1) is 7.27. The van der Waals surface area contributed by atoms with Crippen molar-refractivity contribution in [2.45, 2.75) is 6.54 Å². The van der Waals surface area contributed by atoms with E-state index in [9.17, 15) is 9.90 Å². The fraction of sp³-hybridized carbons (Fsp3) is 0.0909. The predicted octanol–water partition coefficient (Wildman–Crippen LogP) is 0.997. The smallest absolute Gasteiger partial charge is 0.309 e. The molecule has 4 nitrogen and oxygen atoms in total.